The lowest BCUT2D eigenvalue weighted by atomic mass is 10.00. The van der Waals surface area contributed by atoms with Crippen LogP contribution in [0.2, 0.25) is 0 Å². The minimum Gasteiger partial charge on any atom is -0.486 e. The van der Waals surface area contributed by atoms with Gasteiger partial charge in [0, 0.05) is 30.0 Å². The maximum Gasteiger partial charge on any atom is 0.178 e. The van der Waals surface area contributed by atoms with E-state index < -0.39 is 11.6 Å². The van der Waals surface area contributed by atoms with Gasteiger partial charge in [-0.25, -0.2) is 18.7 Å². The fourth-order valence-corrected chi connectivity index (χ4v) is 4.82. The molecule has 1 aromatic carbocycles. The van der Waals surface area contributed by atoms with Crippen LogP contribution in [-0.4, -0.2) is 59.2 Å². The standard InChI is InChI=1S/C26H29F2N5O/c1-16(2)33-8-9-34-26-21(27)10-19(11-23(26)33)25-22(28)14-30-24(31-25)12-20-5-4-17(13-29-20)18-6-7-32(3)15-18/h4-5,10-11,13-14,16,18H,6-9,12,15H2,1-3H3. The lowest BCUT2D eigenvalue weighted by molar-refractivity contribution is 0.287. The molecule has 3 aromatic rings. The van der Waals surface area contributed by atoms with E-state index in [1.807, 2.05) is 26.1 Å². The van der Waals surface area contributed by atoms with Gasteiger partial charge < -0.3 is 14.5 Å². The fourth-order valence-electron chi connectivity index (χ4n) is 4.82. The second-order valence-electron chi connectivity index (χ2n) is 9.43. The van der Waals surface area contributed by atoms with Crippen LogP contribution >= 0.6 is 0 Å². The molecule has 0 bridgehead atoms. The number of aromatic nitrogens is 3. The Bertz CT molecular complexity index is 1180. The van der Waals surface area contributed by atoms with Gasteiger partial charge in [-0.1, -0.05) is 6.07 Å². The normalized spacial score (nSPS) is 18.3. The third-order valence-electron chi connectivity index (χ3n) is 6.65. The third kappa shape index (κ3) is 4.46. The average Bonchev–Trinajstić information content (AvgIpc) is 3.26. The lowest BCUT2D eigenvalue weighted by Crippen LogP contribution is -2.38. The number of halogens is 2. The molecule has 8 heteroatoms. The summed E-state index contributed by atoms with van der Waals surface area (Å²) in [6, 6.07) is 7.27. The quantitative estimate of drug-likeness (QED) is 0.556. The molecule has 2 aliphatic rings. The van der Waals surface area contributed by atoms with Gasteiger partial charge in [0.2, 0.25) is 0 Å². The van der Waals surface area contributed by atoms with Crippen molar-refractivity contribution in [2.45, 2.75) is 38.6 Å². The predicted molar refractivity (Wildman–Crippen MR) is 127 cm³/mol. The summed E-state index contributed by atoms with van der Waals surface area (Å²) in [5.41, 5.74) is 3.10. The first-order valence-electron chi connectivity index (χ1n) is 11.8. The summed E-state index contributed by atoms with van der Waals surface area (Å²) in [7, 11) is 2.13. The second kappa shape index (κ2) is 9.25. The van der Waals surface area contributed by atoms with E-state index in [0.29, 0.717) is 42.6 Å². The maximum absolute atomic E-state index is 14.9. The smallest absolute Gasteiger partial charge is 0.178 e. The number of fused-ring (bicyclic) bond motifs is 1. The molecule has 1 unspecified atom stereocenters. The molecule has 6 nitrogen and oxygen atoms in total. The van der Waals surface area contributed by atoms with Crippen LogP contribution in [0, 0.1) is 11.6 Å². The van der Waals surface area contributed by atoms with Gasteiger partial charge in [0.05, 0.1) is 24.8 Å². The van der Waals surface area contributed by atoms with E-state index in [9.17, 15) is 8.78 Å². The van der Waals surface area contributed by atoms with Gasteiger partial charge in [-0.15, -0.1) is 0 Å². The summed E-state index contributed by atoms with van der Waals surface area (Å²) >= 11 is 0. The van der Waals surface area contributed by atoms with Crippen LogP contribution in [0.3, 0.4) is 0 Å². The summed E-state index contributed by atoms with van der Waals surface area (Å²) in [5, 5.41) is 0. The molecule has 4 heterocycles. The highest BCUT2D eigenvalue weighted by molar-refractivity contribution is 5.72. The highest BCUT2D eigenvalue weighted by Gasteiger charge is 2.26. The number of hydrogen-bond acceptors (Lipinski definition) is 6. The number of ether oxygens (including phenoxy) is 1. The number of nitrogens with zero attached hydrogens (tertiary/aromatic N) is 5. The zero-order valence-electron chi connectivity index (χ0n) is 19.8. The number of benzene rings is 1. The van der Waals surface area contributed by atoms with E-state index in [1.165, 1.54) is 11.6 Å². The van der Waals surface area contributed by atoms with Crippen molar-refractivity contribution in [1.29, 1.82) is 0 Å². The van der Waals surface area contributed by atoms with Gasteiger partial charge in [0.15, 0.2) is 17.4 Å². The highest BCUT2D eigenvalue weighted by atomic mass is 19.1. The van der Waals surface area contributed by atoms with Crippen LogP contribution < -0.4 is 9.64 Å². The fraction of sp³-hybridized carbons (Fsp3) is 0.423. The van der Waals surface area contributed by atoms with Crippen molar-refractivity contribution in [2.75, 3.05) is 38.2 Å². The van der Waals surface area contributed by atoms with Crippen LogP contribution in [-0.2, 0) is 6.42 Å². The van der Waals surface area contributed by atoms with Crippen LogP contribution in [0.5, 0.6) is 5.75 Å². The summed E-state index contributed by atoms with van der Waals surface area (Å²) < 4.78 is 35.2. The summed E-state index contributed by atoms with van der Waals surface area (Å²) in [6.07, 6.45) is 4.57. The Hall–Kier alpha value is -3.13. The van der Waals surface area contributed by atoms with Crippen LogP contribution in [0.15, 0.2) is 36.7 Å². The van der Waals surface area contributed by atoms with Crippen molar-refractivity contribution in [3.63, 3.8) is 0 Å². The molecule has 2 aliphatic heterocycles. The lowest BCUT2D eigenvalue weighted by Gasteiger charge is -2.34. The van der Waals surface area contributed by atoms with E-state index >= 15 is 0 Å². The molecule has 178 valence electrons. The molecule has 0 spiro atoms. The maximum atomic E-state index is 14.9. The van der Waals surface area contributed by atoms with Crippen molar-refractivity contribution in [1.82, 2.24) is 19.9 Å². The topological polar surface area (TPSA) is 54.4 Å². The Balaban J connectivity index is 1.41. The van der Waals surface area contributed by atoms with Gasteiger partial charge >= 0.3 is 0 Å². The number of rotatable bonds is 5. The molecule has 1 saturated heterocycles. The largest absolute Gasteiger partial charge is 0.486 e. The summed E-state index contributed by atoms with van der Waals surface area (Å²) in [5.74, 6) is 0.0359. The van der Waals surface area contributed by atoms with Crippen molar-refractivity contribution >= 4 is 5.69 Å². The Labute approximate surface area is 198 Å². The molecule has 34 heavy (non-hydrogen) atoms. The van der Waals surface area contributed by atoms with Crippen molar-refractivity contribution in [3.8, 4) is 17.0 Å². The van der Waals surface area contributed by atoms with Crippen LogP contribution in [0.25, 0.3) is 11.3 Å². The molecular formula is C26H29F2N5O. The Kier molecular flexibility index (Phi) is 6.16. The Morgan fingerprint density at radius 3 is 2.65 bits per heavy atom. The number of likely N-dealkylation sites (tertiary alicyclic amines) is 1. The number of likely N-dealkylation sites (N-methyl/N-ethyl adjacent to an activating group) is 1. The monoisotopic (exact) mass is 465 g/mol. The molecular weight excluding hydrogens is 436 g/mol. The number of hydrogen-bond donors (Lipinski definition) is 0. The first-order valence-corrected chi connectivity index (χ1v) is 11.8. The van der Waals surface area contributed by atoms with Crippen molar-refractivity contribution < 1.29 is 13.5 Å². The molecule has 0 amide bonds. The van der Waals surface area contributed by atoms with E-state index in [1.54, 1.807) is 6.07 Å². The van der Waals surface area contributed by atoms with Crippen molar-refractivity contribution in [2.24, 2.45) is 0 Å². The van der Waals surface area contributed by atoms with Crippen LogP contribution in [0.1, 0.15) is 43.3 Å². The van der Waals surface area contributed by atoms with E-state index in [2.05, 4.69) is 37.9 Å². The van der Waals surface area contributed by atoms with Gasteiger partial charge in [0.25, 0.3) is 0 Å². The summed E-state index contributed by atoms with van der Waals surface area (Å²) in [6.45, 7) is 7.27. The SMILES string of the molecule is CC(C)N1CCOc2c(F)cc(-c3nc(Cc4ccc(C5CCN(C)C5)cn4)ncc3F)cc21. The minimum atomic E-state index is -0.593. The predicted octanol–water partition coefficient (Wildman–Crippen LogP) is 4.43. The first kappa shape index (κ1) is 22.7. The third-order valence-corrected chi connectivity index (χ3v) is 6.65. The zero-order chi connectivity index (χ0) is 23.8. The van der Waals surface area contributed by atoms with E-state index in [-0.39, 0.29) is 17.5 Å². The van der Waals surface area contributed by atoms with E-state index in [4.69, 9.17) is 4.74 Å². The highest BCUT2D eigenvalue weighted by Crippen LogP contribution is 2.39. The van der Waals surface area contributed by atoms with Gasteiger partial charge in [-0.05, 0) is 63.5 Å². The molecule has 0 N–H and O–H groups in total. The molecule has 5 rings (SSSR count). The first-order chi connectivity index (χ1) is 16.4. The van der Waals surface area contributed by atoms with E-state index in [0.717, 1.165) is 31.4 Å². The van der Waals surface area contributed by atoms with Crippen LogP contribution in [0.4, 0.5) is 14.5 Å². The number of pyridine rings is 1. The second-order valence-corrected chi connectivity index (χ2v) is 9.43. The molecule has 0 saturated carbocycles. The zero-order valence-corrected chi connectivity index (χ0v) is 19.8. The average molecular weight is 466 g/mol. The number of anilines is 1. The van der Waals surface area contributed by atoms with Gasteiger partial charge in [0.1, 0.15) is 18.1 Å². The molecule has 1 fully saturated rings. The van der Waals surface area contributed by atoms with Gasteiger partial charge in [-0.2, -0.15) is 0 Å². The Morgan fingerprint density at radius 2 is 1.94 bits per heavy atom. The molecule has 0 aliphatic carbocycles. The Morgan fingerprint density at radius 1 is 1.09 bits per heavy atom. The molecule has 1 atom stereocenters. The molecule has 0 radical (unpaired) electrons. The van der Waals surface area contributed by atoms with Gasteiger partial charge in [-0.3, -0.25) is 4.98 Å². The van der Waals surface area contributed by atoms with Crippen molar-refractivity contribution in [3.05, 3.63) is 65.4 Å². The summed E-state index contributed by atoms with van der Waals surface area (Å²) in [4.78, 5) is 17.6. The molecule has 2 aromatic heterocycles. The minimum absolute atomic E-state index is 0.0755.